The highest BCUT2D eigenvalue weighted by atomic mass is 32.2. The lowest BCUT2D eigenvalue weighted by molar-refractivity contribution is -0.137. The van der Waals surface area contributed by atoms with E-state index in [9.17, 15) is 35.6 Å². The molecule has 2 amide bonds. The Labute approximate surface area is 230 Å². The lowest BCUT2D eigenvalue weighted by Crippen LogP contribution is -2.47. The van der Waals surface area contributed by atoms with Crippen molar-refractivity contribution >= 4 is 27.3 Å². The number of carbonyl (C=O) groups is 2. The Kier molecular flexibility index (Phi) is 7.58. The molecule has 3 aliphatic rings. The maximum atomic E-state index is 14.8. The second-order valence-corrected chi connectivity index (χ2v) is 13.0. The first kappa shape index (κ1) is 28.4. The van der Waals surface area contributed by atoms with Crippen molar-refractivity contribution in [1.29, 1.82) is 0 Å². The largest absolute Gasteiger partial charge is 0.416 e. The zero-order valence-electron chi connectivity index (χ0n) is 21.9. The first-order valence-corrected chi connectivity index (χ1v) is 15.3. The van der Waals surface area contributed by atoms with Crippen LogP contribution in [-0.4, -0.2) is 50.0 Å². The topological polar surface area (TPSA) is 95.6 Å². The molecule has 1 aliphatic heterocycles. The van der Waals surface area contributed by atoms with Gasteiger partial charge in [0.1, 0.15) is 11.9 Å². The van der Waals surface area contributed by atoms with Crippen LogP contribution in [0.4, 0.5) is 23.2 Å². The van der Waals surface area contributed by atoms with E-state index in [0.717, 1.165) is 37.7 Å². The van der Waals surface area contributed by atoms with Gasteiger partial charge >= 0.3 is 6.18 Å². The van der Waals surface area contributed by atoms with E-state index in [1.807, 2.05) is 0 Å². The minimum Gasteiger partial charge on any atom is -0.382 e. The summed E-state index contributed by atoms with van der Waals surface area (Å²) < 4.78 is 78.4. The summed E-state index contributed by atoms with van der Waals surface area (Å²) in [4.78, 5) is 28.6. The highest BCUT2D eigenvalue weighted by molar-refractivity contribution is 7.90. The van der Waals surface area contributed by atoms with Crippen molar-refractivity contribution in [2.75, 3.05) is 18.1 Å². The van der Waals surface area contributed by atoms with E-state index in [4.69, 9.17) is 0 Å². The lowest BCUT2D eigenvalue weighted by Gasteiger charge is -2.30. The number of alkyl halides is 3. The van der Waals surface area contributed by atoms with E-state index in [1.165, 1.54) is 17.0 Å². The van der Waals surface area contributed by atoms with Crippen molar-refractivity contribution in [3.8, 4) is 0 Å². The van der Waals surface area contributed by atoms with Crippen LogP contribution >= 0.6 is 0 Å². The van der Waals surface area contributed by atoms with E-state index >= 15 is 0 Å². The molecule has 1 heterocycles. The Morgan fingerprint density at radius 2 is 1.73 bits per heavy atom. The van der Waals surface area contributed by atoms with Gasteiger partial charge in [-0.15, -0.1) is 0 Å². The molecule has 1 saturated heterocycles. The summed E-state index contributed by atoms with van der Waals surface area (Å²) in [6.45, 7) is 0.269. The maximum absolute atomic E-state index is 14.8. The SMILES string of the molecule is CS(=O)(=O)c1ccc(NC2CCC2)c(C(=O)N2CCC[C@@H]2C(=O)NC(c2ccc(C(F)(F)F)cc2F)C2CC2)c1. The number of likely N-dealkylation sites (tertiary alicyclic amines) is 1. The molecule has 0 aromatic heterocycles. The van der Waals surface area contributed by atoms with Crippen molar-refractivity contribution in [2.45, 2.75) is 74.1 Å². The van der Waals surface area contributed by atoms with E-state index in [1.54, 1.807) is 6.07 Å². The predicted molar refractivity (Wildman–Crippen MR) is 140 cm³/mol. The van der Waals surface area contributed by atoms with Crippen molar-refractivity contribution in [1.82, 2.24) is 10.2 Å². The number of hydrogen-bond acceptors (Lipinski definition) is 5. The maximum Gasteiger partial charge on any atom is 0.416 e. The number of amides is 2. The Hall–Kier alpha value is -3.15. The van der Waals surface area contributed by atoms with E-state index in [0.29, 0.717) is 37.4 Å². The number of halogens is 4. The molecular weight excluding hydrogens is 550 g/mol. The van der Waals surface area contributed by atoms with Crippen LogP contribution in [0.2, 0.25) is 0 Å². The van der Waals surface area contributed by atoms with Crippen LogP contribution in [0.25, 0.3) is 0 Å². The van der Waals surface area contributed by atoms with Crippen LogP contribution in [0, 0.1) is 11.7 Å². The molecule has 40 heavy (non-hydrogen) atoms. The zero-order chi connectivity index (χ0) is 28.8. The van der Waals surface area contributed by atoms with E-state index in [2.05, 4.69) is 10.6 Å². The normalized spacial score (nSPS) is 20.6. The van der Waals surface area contributed by atoms with Crippen LogP contribution in [0.15, 0.2) is 41.3 Å². The summed E-state index contributed by atoms with van der Waals surface area (Å²) in [5.74, 6) is -2.18. The number of nitrogens with zero attached hydrogens (tertiary/aromatic N) is 1. The zero-order valence-corrected chi connectivity index (χ0v) is 22.7. The molecule has 0 radical (unpaired) electrons. The smallest absolute Gasteiger partial charge is 0.382 e. The van der Waals surface area contributed by atoms with Crippen LogP contribution in [0.1, 0.15) is 72.5 Å². The van der Waals surface area contributed by atoms with Gasteiger partial charge in [0.25, 0.3) is 5.91 Å². The Morgan fingerprint density at radius 3 is 2.30 bits per heavy atom. The highest BCUT2D eigenvalue weighted by Crippen LogP contribution is 2.43. The van der Waals surface area contributed by atoms with E-state index in [-0.39, 0.29) is 34.5 Å². The van der Waals surface area contributed by atoms with Gasteiger partial charge in [0.05, 0.1) is 22.1 Å². The molecule has 2 aromatic carbocycles. The second-order valence-electron chi connectivity index (χ2n) is 11.0. The molecule has 216 valence electrons. The van der Waals surface area contributed by atoms with Gasteiger partial charge in [-0.3, -0.25) is 9.59 Å². The summed E-state index contributed by atoms with van der Waals surface area (Å²) >= 11 is 0. The first-order chi connectivity index (χ1) is 18.8. The van der Waals surface area contributed by atoms with Gasteiger partial charge in [-0.1, -0.05) is 6.07 Å². The number of sulfone groups is 1. The molecular formula is C28H31F4N3O4S. The quantitative estimate of drug-likeness (QED) is 0.424. The van der Waals surface area contributed by atoms with Crippen molar-refractivity contribution in [2.24, 2.45) is 5.92 Å². The third-order valence-corrected chi connectivity index (χ3v) is 9.09. The molecule has 1 unspecified atom stereocenters. The molecule has 2 saturated carbocycles. The number of rotatable bonds is 8. The summed E-state index contributed by atoms with van der Waals surface area (Å²) in [6.07, 6.45) is 1.53. The summed E-state index contributed by atoms with van der Waals surface area (Å²) in [7, 11) is -3.60. The number of benzene rings is 2. The number of anilines is 1. The van der Waals surface area contributed by atoms with Gasteiger partial charge in [0.15, 0.2) is 9.84 Å². The molecule has 12 heteroatoms. The number of nitrogens with one attached hydrogen (secondary N) is 2. The third-order valence-electron chi connectivity index (χ3n) is 7.98. The van der Waals surface area contributed by atoms with Crippen molar-refractivity contribution in [3.05, 3.63) is 58.9 Å². The fraction of sp³-hybridized carbons (Fsp3) is 0.500. The van der Waals surface area contributed by atoms with Crippen LogP contribution in [0.5, 0.6) is 0 Å². The average molecular weight is 582 g/mol. The molecule has 7 nitrogen and oxygen atoms in total. The van der Waals surface area contributed by atoms with Crippen LogP contribution < -0.4 is 10.6 Å². The van der Waals surface area contributed by atoms with Crippen LogP contribution in [0.3, 0.4) is 0 Å². The molecule has 0 spiro atoms. The third kappa shape index (κ3) is 5.96. The van der Waals surface area contributed by atoms with Crippen LogP contribution in [-0.2, 0) is 20.8 Å². The predicted octanol–water partition coefficient (Wildman–Crippen LogP) is 5.08. The number of hydrogen-bond donors (Lipinski definition) is 2. The van der Waals surface area contributed by atoms with E-state index < -0.39 is 51.3 Å². The molecule has 5 rings (SSSR count). The standard InChI is InChI=1S/C28H31F4N3O4S/c1-40(38,39)19-10-12-23(33-18-4-2-5-18)21(15-19)27(37)35-13-3-6-24(35)26(36)34-25(16-7-8-16)20-11-9-17(14-22(20)29)28(30,31)32/h9-12,14-16,18,24-25,33H,2-8,13H2,1H3,(H,34,36)/t24-,25?/m1/s1. The Balaban J connectivity index is 1.39. The minimum absolute atomic E-state index is 0.0122. The molecule has 2 atom stereocenters. The Bertz CT molecular complexity index is 1420. The van der Waals surface area contributed by atoms with Gasteiger partial charge < -0.3 is 15.5 Å². The molecule has 2 aliphatic carbocycles. The Morgan fingerprint density at radius 1 is 1.00 bits per heavy atom. The molecule has 2 aromatic rings. The van der Waals surface area contributed by atoms with Crippen molar-refractivity contribution in [3.63, 3.8) is 0 Å². The first-order valence-electron chi connectivity index (χ1n) is 13.4. The second kappa shape index (κ2) is 10.7. The molecule has 0 bridgehead atoms. The summed E-state index contributed by atoms with van der Waals surface area (Å²) in [5, 5.41) is 6.12. The lowest BCUT2D eigenvalue weighted by atomic mass is 9.92. The van der Waals surface area contributed by atoms with Gasteiger partial charge in [0, 0.05) is 30.1 Å². The van der Waals surface area contributed by atoms with Gasteiger partial charge in [-0.25, -0.2) is 12.8 Å². The van der Waals surface area contributed by atoms with Gasteiger partial charge in [0.2, 0.25) is 5.91 Å². The molecule has 2 N–H and O–H groups in total. The van der Waals surface area contributed by atoms with Gasteiger partial charge in [-0.2, -0.15) is 13.2 Å². The fourth-order valence-electron chi connectivity index (χ4n) is 5.35. The molecule has 3 fully saturated rings. The van der Waals surface area contributed by atoms with Gasteiger partial charge in [-0.05, 0) is 81.2 Å². The summed E-state index contributed by atoms with van der Waals surface area (Å²) in [6, 6.07) is 5.12. The highest BCUT2D eigenvalue weighted by Gasteiger charge is 2.41. The monoisotopic (exact) mass is 581 g/mol. The average Bonchev–Trinajstić information content (AvgIpc) is 3.58. The van der Waals surface area contributed by atoms with Crippen molar-refractivity contribution < 1.29 is 35.6 Å². The summed E-state index contributed by atoms with van der Waals surface area (Å²) in [5.41, 5.74) is -0.477. The fourth-order valence-corrected chi connectivity index (χ4v) is 6.00. The minimum atomic E-state index is -4.69. The number of carbonyl (C=O) groups excluding carboxylic acids is 2.